The molecule has 3 atom stereocenters. The number of hydrogen-bond donors (Lipinski definition) is 2. The molecule has 3 N–H and O–H groups in total. The van der Waals surface area contributed by atoms with Crippen LogP contribution in [-0.4, -0.2) is 50.0 Å². The summed E-state index contributed by atoms with van der Waals surface area (Å²) in [5.74, 6) is 0.900. The zero-order valence-corrected chi connectivity index (χ0v) is 19.3. The predicted octanol–water partition coefficient (Wildman–Crippen LogP) is 3.68. The fourth-order valence-corrected chi connectivity index (χ4v) is 5.12. The fraction of sp³-hybridized carbons (Fsp3) is 0.550. The van der Waals surface area contributed by atoms with E-state index in [-0.39, 0.29) is 30.0 Å². The van der Waals surface area contributed by atoms with Crippen molar-refractivity contribution in [2.75, 3.05) is 10.6 Å². The van der Waals surface area contributed by atoms with E-state index in [0.717, 1.165) is 30.6 Å². The first-order valence-corrected chi connectivity index (χ1v) is 11.4. The molecule has 2 saturated heterocycles. The summed E-state index contributed by atoms with van der Waals surface area (Å²) in [4.78, 5) is 23.7. The number of ether oxygens (including phenoxy) is 1. The Bertz CT molecular complexity index is 940. The van der Waals surface area contributed by atoms with Gasteiger partial charge in [0, 0.05) is 29.2 Å². The third-order valence-electron chi connectivity index (χ3n) is 5.31. The summed E-state index contributed by atoms with van der Waals surface area (Å²) in [5.41, 5.74) is 5.25. The van der Waals surface area contributed by atoms with Crippen LogP contribution in [0.25, 0.3) is 0 Å². The van der Waals surface area contributed by atoms with Gasteiger partial charge in [-0.3, -0.25) is 0 Å². The van der Waals surface area contributed by atoms with E-state index in [2.05, 4.69) is 30.4 Å². The number of halogens is 1. The van der Waals surface area contributed by atoms with Crippen molar-refractivity contribution >= 4 is 41.2 Å². The van der Waals surface area contributed by atoms with E-state index in [1.807, 2.05) is 20.8 Å². The van der Waals surface area contributed by atoms with Crippen LogP contribution in [0.15, 0.2) is 28.4 Å². The van der Waals surface area contributed by atoms with Gasteiger partial charge in [0.25, 0.3) is 0 Å². The van der Waals surface area contributed by atoms with E-state index in [9.17, 15) is 4.79 Å². The molecule has 2 fully saturated rings. The van der Waals surface area contributed by atoms with Gasteiger partial charge in [0.1, 0.15) is 16.4 Å². The van der Waals surface area contributed by atoms with Crippen molar-refractivity contribution in [1.82, 2.24) is 25.5 Å². The molecule has 0 saturated carbocycles. The molecule has 2 aliphatic rings. The molecule has 1 amide bonds. The summed E-state index contributed by atoms with van der Waals surface area (Å²) >= 11 is 7.55. The number of piperidine rings is 1. The van der Waals surface area contributed by atoms with E-state index in [1.54, 1.807) is 18.5 Å². The molecule has 0 aromatic carbocycles. The number of alkyl carbamates (subject to hydrolysis) is 1. The molecule has 2 aromatic heterocycles. The largest absolute Gasteiger partial charge is 0.444 e. The molecule has 2 aromatic rings. The number of rotatable bonds is 4. The molecule has 11 heteroatoms. The summed E-state index contributed by atoms with van der Waals surface area (Å²) in [6.45, 7) is 5.59. The monoisotopic (exact) mass is 463 g/mol. The molecule has 2 aliphatic heterocycles. The van der Waals surface area contributed by atoms with Crippen LogP contribution in [0.1, 0.15) is 46.5 Å². The highest BCUT2D eigenvalue weighted by atomic mass is 35.5. The van der Waals surface area contributed by atoms with Crippen molar-refractivity contribution < 1.29 is 9.53 Å². The maximum Gasteiger partial charge on any atom is 0.407 e. The minimum atomic E-state index is -0.505. The molecule has 0 spiro atoms. The highest BCUT2D eigenvalue weighted by Crippen LogP contribution is 2.38. The number of carbonyl (C=O) groups is 1. The number of nitrogen functional groups attached to an aromatic ring is 1. The number of fused-ring (bicyclic) bond motifs is 2. The summed E-state index contributed by atoms with van der Waals surface area (Å²) in [6.07, 6.45) is 6.70. The number of pyridine rings is 1. The molecule has 4 heterocycles. The van der Waals surface area contributed by atoms with Gasteiger partial charge in [-0.25, -0.2) is 14.8 Å². The van der Waals surface area contributed by atoms with Gasteiger partial charge < -0.3 is 20.7 Å². The summed E-state index contributed by atoms with van der Waals surface area (Å²) in [5, 5.41) is 12.7. The lowest BCUT2D eigenvalue weighted by molar-refractivity contribution is 0.0492. The van der Waals surface area contributed by atoms with E-state index in [4.69, 9.17) is 22.1 Å². The second kappa shape index (κ2) is 8.66. The molecule has 166 valence electrons. The predicted molar refractivity (Wildman–Crippen MR) is 119 cm³/mol. The minimum absolute atomic E-state index is 0.0886. The summed E-state index contributed by atoms with van der Waals surface area (Å²) < 4.78 is 5.40. The highest BCUT2D eigenvalue weighted by Gasteiger charge is 2.43. The Hall–Kier alpha value is -2.33. The van der Waals surface area contributed by atoms with Gasteiger partial charge in [0.15, 0.2) is 0 Å². The topological polar surface area (TPSA) is 119 Å². The normalized spacial score (nSPS) is 23.0. The third-order valence-corrected chi connectivity index (χ3v) is 6.77. The number of amides is 1. The van der Waals surface area contributed by atoms with Gasteiger partial charge in [-0.05, 0) is 52.5 Å². The van der Waals surface area contributed by atoms with Crippen LogP contribution in [0.2, 0.25) is 5.02 Å². The Balaban J connectivity index is 1.40. The molecule has 2 bridgehead atoms. The summed E-state index contributed by atoms with van der Waals surface area (Å²) in [6, 6.07) is 2.41. The number of nitrogens with two attached hydrogens (primary N) is 1. The number of aromatic nitrogens is 4. The molecule has 0 aliphatic carbocycles. The number of hydrogen-bond acceptors (Lipinski definition) is 9. The number of carbonyl (C=O) groups excluding carboxylic acids is 1. The third kappa shape index (κ3) is 5.12. The van der Waals surface area contributed by atoms with Crippen molar-refractivity contribution in [3.8, 4) is 0 Å². The van der Waals surface area contributed by atoms with Crippen LogP contribution < -0.4 is 16.0 Å². The smallest absolute Gasteiger partial charge is 0.407 e. The van der Waals surface area contributed by atoms with Crippen molar-refractivity contribution in [3.63, 3.8) is 0 Å². The van der Waals surface area contributed by atoms with Crippen LogP contribution >= 0.6 is 23.4 Å². The zero-order chi connectivity index (χ0) is 22.2. The Kier molecular flexibility index (Phi) is 6.11. The van der Waals surface area contributed by atoms with Crippen molar-refractivity contribution in [2.24, 2.45) is 0 Å². The number of nitrogens with zero attached hydrogens (tertiary/aromatic N) is 5. The molecular weight excluding hydrogens is 438 g/mol. The molecule has 1 unspecified atom stereocenters. The second-order valence-electron chi connectivity index (χ2n) is 8.81. The molecule has 4 rings (SSSR count). The van der Waals surface area contributed by atoms with Crippen LogP contribution in [0.3, 0.4) is 0 Å². The Morgan fingerprint density at radius 1 is 1.26 bits per heavy atom. The van der Waals surface area contributed by atoms with Crippen molar-refractivity contribution in [1.29, 1.82) is 0 Å². The number of nitrogens with one attached hydrogen (secondary N) is 1. The SMILES string of the molecule is CC(C)(C)OC(=O)NC1C[C@H]2CC[C@@H](C1)N2c1ncc(Sc2ccnc(N)c2Cl)nn1. The van der Waals surface area contributed by atoms with Gasteiger partial charge in [-0.2, -0.15) is 0 Å². The zero-order valence-electron chi connectivity index (χ0n) is 17.7. The highest BCUT2D eigenvalue weighted by molar-refractivity contribution is 7.99. The van der Waals surface area contributed by atoms with Gasteiger partial charge in [-0.15, -0.1) is 10.2 Å². The lowest BCUT2D eigenvalue weighted by Gasteiger charge is -2.39. The van der Waals surface area contributed by atoms with Gasteiger partial charge in [-0.1, -0.05) is 23.4 Å². The van der Waals surface area contributed by atoms with E-state index < -0.39 is 5.60 Å². The first-order chi connectivity index (χ1) is 14.7. The van der Waals surface area contributed by atoms with E-state index in [0.29, 0.717) is 16.0 Å². The van der Waals surface area contributed by atoms with Crippen LogP contribution in [0, 0.1) is 0 Å². The molecule has 31 heavy (non-hydrogen) atoms. The average Bonchev–Trinajstić information content (AvgIpc) is 2.95. The minimum Gasteiger partial charge on any atom is -0.444 e. The van der Waals surface area contributed by atoms with Crippen LogP contribution in [0.5, 0.6) is 0 Å². The standard InChI is InChI=1S/C20H26ClN7O2S/c1-20(2,3)30-19(29)25-11-8-12-4-5-13(9-11)28(12)18-24-10-15(26-27-18)31-14-6-7-23-17(22)16(14)21/h6-7,10-13H,4-5,8-9H2,1-3H3,(H2,22,23)(H,25,29)/t11?,12-,13+. The lowest BCUT2D eigenvalue weighted by Crippen LogP contribution is -2.51. The molecule has 0 radical (unpaired) electrons. The maximum absolute atomic E-state index is 12.1. The first-order valence-electron chi connectivity index (χ1n) is 10.2. The van der Waals surface area contributed by atoms with E-state index >= 15 is 0 Å². The quantitative estimate of drug-likeness (QED) is 0.699. The maximum atomic E-state index is 12.1. The van der Waals surface area contributed by atoms with Crippen LogP contribution in [-0.2, 0) is 4.74 Å². The molecular formula is C20H26ClN7O2S. The summed E-state index contributed by atoms with van der Waals surface area (Å²) in [7, 11) is 0. The first kappa shape index (κ1) is 21.9. The van der Waals surface area contributed by atoms with Gasteiger partial charge in [0.05, 0.1) is 11.2 Å². The van der Waals surface area contributed by atoms with Gasteiger partial charge >= 0.3 is 6.09 Å². The fourth-order valence-electron chi connectivity index (χ4n) is 4.15. The Morgan fingerprint density at radius 3 is 2.58 bits per heavy atom. The average molecular weight is 464 g/mol. The van der Waals surface area contributed by atoms with E-state index in [1.165, 1.54) is 11.8 Å². The molecule has 9 nitrogen and oxygen atoms in total. The van der Waals surface area contributed by atoms with Crippen molar-refractivity contribution in [2.45, 2.75) is 80.1 Å². The number of anilines is 2. The van der Waals surface area contributed by atoms with Gasteiger partial charge in [0.2, 0.25) is 5.95 Å². The Morgan fingerprint density at radius 2 is 1.97 bits per heavy atom. The van der Waals surface area contributed by atoms with Crippen LogP contribution in [0.4, 0.5) is 16.6 Å². The lowest BCUT2D eigenvalue weighted by atomic mass is 9.98. The Labute approximate surface area is 190 Å². The van der Waals surface area contributed by atoms with Crippen molar-refractivity contribution in [3.05, 3.63) is 23.5 Å². The second-order valence-corrected chi connectivity index (χ2v) is 10.3.